The van der Waals surface area contributed by atoms with Gasteiger partial charge in [0, 0.05) is 5.75 Å². The summed E-state index contributed by atoms with van der Waals surface area (Å²) >= 11 is 0. The monoisotopic (exact) mass is 184 g/mol. The van der Waals surface area contributed by atoms with Crippen LogP contribution < -0.4 is 0 Å². The van der Waals surface area contributed by atoms with Crippen molar-refractivity contribution in [1.82, 2.24) is 0 Å². The Morgan fingerprint density at radius 1 is 1.50 bits per heavy atom. The minimum absolute atomic E-state index is 0.00275. The van der Waals surface area contributed by atoms with Gasteiger partial charge in [0.05, 0.1) is 17.4 Å². The Balaban J connectivity index is 2.93. The normalized spacial score (nSPS) is 25.4. The summed E-state index contributed by atoms with van der Waals surface area (Å²) in [6.07, 6.45) is 0.177. The van der Waals surface area contributed by atoms with Crippen LogP contribution in [-0.4, -0.2) is 19.4 Å². The van der Waals surface area contributed by atoms with E-state index in [-0.39, 0.29) is 12.2 Å². The number of nitrogens with zero attached hydrogens (tertiary/aromatic N) is 2. The Morgan fingerprint density at radius 3 is 2.25 bits per heavy atom. The molecule has 1 saturated carbocycles. The molecule has 1 aliphatic carbocycles. The average Bonchev–Trinajstić information content (AvgIpc) is 2.80. The maximum absolute atomic E-state index is 11.2. The van der Waals surface area contributed by atoms with Crippen molar-refractivity contribution < 1.29 is 8.42 Å². The molecule has 0 spiro atoms. The quantitative estimate of drug-likeness (QED) is 0.615. The summed E-state index contributed by atoms with van der Waals surface area (Å²) in [5.41, 5.74) is -1.24. The zero-order valence-electron chi connectivity index (χ0n) is 6.61. The Hall–Kier alpha value is -1.07. The molecule has 0 N–H and O–H groups in total. The van der Waals surface area contributed by atoms with E-state index in [2.05, 4.69) is 0 Å². The molecular weight excluding hydrogens is 176 g/mol. The predicted molar refractivity (Wildman–Crippen MR) is 41.5 cm³/mol. The topological polar surface area (TPSA) is 81.7 Å². The first kappa shape index (κ1) is 9.02. The van der Waals surface area contributed by atoms with Gasteiger partial charge in [0.15, 0.2) is 15.3 Å². The van der Waals surface area contributed by atoms with Crippen LogP contribution in [0.15, 0.2) is 0 Å². The van der Waals surface area contributed by atoms with Crippen molar-refractivity contribution in [3.05, 3.63) is 0 Å². The Morgan fingerprint density at radius 2 is 2.00 bits per heavy atom. The minimum atomic E-state index is -3.20. The number of nitriles is 2. The molecule has 0 saturated heterocycles. The van der Waals surface area contributed by atoms with E-state index in [1.807, 2.05) is 0 Å². The van der Waals surface area contributed by atoms with Crippen LogP contribution in [0.1, 0.15) is 13.3 Å². The van der Waals surface area contributed by atoms with Crippen LogP contribution in [0.3, 0.4) is 0 Å². The number of hydrogen-bond acceptors (Lipinski definition) is 4. The molecule has 0 aromatic carbocycles. The molecule has 0 bridgehead atoms. The first-order chi connectivity index (χ1) is 5.52. The molecule has 5 heteroatoms. The second-order valence-corrected chi connectivity index (χ2v) is 5.31. The third-order valence-corrected chi connectivity index (χ3v) is 4.37. The van der Waals surface area contributed by atoms with Crippen molar-refractivity contribution in [1.29, 1.82) is 10.5 Å². The van der Waals surface area contributed by atoms with Gasteiger partial charge in [0.2, 0.25) is 0 Å². The lowest BCUT2D eigenvalue weighted by molar-refractivity contribution is 0.593. The summed E-state index contributed by atoms with van der Waals surface area (Å²) in [5.74, 6) is 0.00275. The first-order valence-corrected chi connectivity index (χ1v) is 5.28. The highest BCUT2D eigenvalue weighted by atomic mass is 32.2. The van der Waals surface area contributed by atoms with Crippen LogP contribution in [0.25, 0.3) is 0 Å². The number of hydrogen-bond donors (Lipinski definition) is 0. The van der Waals surface area contributed by atoms with Gasteiger partial charge in [-0.25, -0.2) is 8.42 Å². The van der Waals surface area contributed by atoms with Gasteiger partial charge in [-0.3, -0.25) is 0 Å². The molecule has 0 aliphatic heterocycles. The molecule has 12 heavy (non-hydrogen) atoms. The van der Waals surface area contributed by atoms with Crippen molar-refractivity contribution in [2.24, 2.45) is 5.41 Å². The lowest BCUT2D eigenvalue weighted by Crippen LogP contribution is -2.15. The van der Waals surface area contributed by atoms with E-state index >= 15 is 0 Å². The highest BCUT2D eigenvalue weighted by molar-refractivity contribution is 7.92. The summed E-state index contributed by atoms with van der Waals surface area (Å²) in [4.78, 5) is 0. The van der Waals surface area contributed by atoms with Crippen LogP contribution in [0, 0.1) is 28.1 Å². The van der Waals surface area contributed by atoms with Gasteiger partial charge in [-0.2, -0.15) is 10.5 Å². The number of rotatable bonds is 2. The van der Waals surface area contributed by atoms with E-state index < -0.39 is 20.5 Å². The van der Waals surface area contributed by atoms with Crippen LogP contribution >= 0.6 is 0 Å². The van der Waals surface area contributed by atoms with Gasteiger partial charge < -0.3 is 0 Å². The van der Waals surface area contributed by atoms with Crippen LogP contribution in [0.2, 0.25) is 0 Å². The van der Waals surface area contributed by atoms with Crippen molar-refractivity contribution >= 4 is 9.84 Å². The molecule has 1 aliphatic rings. The van der Waals surface area contributed by atoms with Crippen LogP contribution in [0.5, 0.6) is 0 Å². The fourth-order valence-corrected chi connectivity index (χ4v) is 2.77. The van der Waals surface area contributed by atoms with Gasteiger partial charge in [0.1, 0.15) is 0 Å². The van der Waals surface area contributed by atoms with E-state index in [9.17, 15) is 8.42 Å². The van der Waals surface area contributed by atoms with Gasteiger partial charge in [-0.15, -0.1) is 0 Å². The smallest absolute Gasteiger partial charge is 0.161 e. The molecule has 4 nitrogen and oxygen atoms in total. The largest absolute Gasteiger partial charge is 0.228 e. The maximum Gasteiger partial charge on any atom is 0.161 e. The summed E-state index contributed by atoms with van der Waals surface area (Å²) in [6.45, 7) is 1.52. The lowest BCUT2D eigenvalue weighted by Gasteiger charge is -1.97. The molecule has 64 valence electrons. The van der Waals surface area contributed by atoms with Gasteiger partial charge >= 0.3 is 0 Å². The van der Waals surface area contributed by atoms with E-state index in [1.54, 1.807) is 12.1 Å². The third kappa shape index (κ3) is 1.07. The molecule has 0 aromatic rings. The Kier molecular flexibility index (Phi) is 1.85. The summed E-state index contributed by atoms with van der Waals surface area (Å²) in [5, 5.41) is 16.4. The molecule has 1 fully saturated rings. The van der Waals surface area contributed by atoms with Crippen molar-refractivity contribution in [3.8, 4) is 12.1 Å². The highest BCUT2D eigenvalue weighted by Crippen LogP contribution is 2.49. The van der Waals surface area contributed by atoms with Crippen LogP contribution in [0.4, 0.5) is 0 Å². The van der Waals surface area contributed by atoms with E-state index in [4.69, 9.17) is 10.5 Å². The average molecular weight is 184 g/mol. The zero-order chi connectivity index (χ0) is 9.41. The Bertz CT molecular complexity index is 357. The molecule has 1 unspecified atom stereocenters. The predicted octanol–water partition coefficient (Wildman–Crippen LogP) is 0.227. The van der Waals surface area contributed by atoms with Crippen molar-refractivity contribution in [2.45, 2.75) is 18.6 Å². The molecule has 0 radical (unpaired) electrons. The molecule has 1 atom stereocenters. The van der Waals surface area contributed by atoms with Crippen LogP contribution in [-0.2, 0) is 9.84 Å². The highest BCUT2D eigenvalue weighted by Gasteiger charge is 2.62. The summed E-state index contributed by atoms with van der Waals surface area (Å²) < 4.78 is 22.4. The first-order valence-electron chi connectivity index (χ1n) is 3.56. The summed E-state index contributed by atoms with van der Waals surface area (Å²) in [6, 6.07) is 3.50. The molecule has 0 aromatic heterocycles. The Labute approximate surface area is 71.3 Å². The van der Waals surface area contributed by atoms with E-state index in [0.717, 1.165) is 0 Å². The SMILES string of the molecule is CCS(=O)(=O)C1CC1(C#N)C#N. The fraction of sp³-hybridized carbons (Fsp3) is 0.714. The van der Waals surface area contributed by atoms with Crippen molar-refractivity contribution in [2.75, 3.05) is 5.75 Å². The molecule has 0 heterocycles. The molecular formula is C7H8N2O2S. The maximum atomic E-state index is 11.2. The van der Waals surface area contributed by atoms with Gasteiger partial charge in [0.25, 0.3) is 0 Å². The standard InChI is InChI=1S/C7H8N2O2S/c1-2-12(10,11)6-3-7(6,4-8)5-9/h6H,2-3H2,1H3. The van der Waals surface area contributed by atoms with Gasteiger partial charge in [-0.05, 0) is 6.42 Å². The zero-order valence-corrected chi connectivity index (χ0v) is 7.43. The lowest BCUT2D eigenvalue weighted by atomic mass is 10.2. The summed E-state index contributed by atoms with van der Waals surface area (Å²) in [7, 11) is -3.20. The molecule has 0 amide bonds. The minimum Gasteiger partial charge on any atom is -0.228 e. The number of sulfone groups is 1. The van der Waals surface area contributed by atoms with Gasteiger partial charge in [-0.1, -0.05) is 6.92 Å². The van der Waals surface area contributed by atoms with E-state index in [0.29, 0.717) is 0 Å². The fourth-order valence-electron chi connectivity index (χ4n) is 1.13. The second-order valence-electron chi connectivity index (χ2n) is 2.84. The van der Waals surface area contributed by atoms with Crippen molar-refractivity contribution in [3.63, 3.8) is 0 Å². The van der Waals surface area contributed by atoms with E-state index in [1.165, 1.54) is 6.92 Å². The second kappa shape index (κ2) is 2.46. The third-order valence-electron chi connectivity index (χ3n) is 2.13. The molecule has 1 rings (SSSR count).